The van der Waals surface area contributed by atoms with Crippen LogP contribution >= 0.6 is 0 Å². The summed E-state index contributed by atoms with van der Waals surface area (Å²) in [6.07, 6.45) is -3.80. The zero-order valence-electron chi connectivity index (χ0n) is 12.7. The molecule has 0 bridgehead atoms. The summed E-state index contributed by atoms with van der Waals surface area (Å²) in [5.74, 6) is -0.853. The summed E-state index contributed by atoms with van der Waals surface area (Å²) in [5.41, 5.74) is 4.87. The Hall–Kier alpha value is -2.35. The van der Waals surface area contributed by atoms with Crippen molar-refractivity contribution in [3.63, 3.8) is 0 Å². The van der Waals surface area contributed by atoms with Crippen LogP contribution in [0, 0.1) is 6.92 Å². The van der Waals surface area contributed by atoms with E-state index in [0.717, 1.165) is 16.4 Å². The van der Waals surface area contributed by atoms with Crippen molar-refractivity contribution >= 4 is 5.91 Å². The van der Waals surface area contributed by atoms with Crippen molar-refractivity contribution in [1.82, 2.24) is 15.1 Å². The molecule has 1 aromatic heterocycles. The summed E-state index contributed by atoms with van der Waals surface area (Å²) in [4.78, 5) is 12.1. The standard InChI is InChI=1S/C15H17F3N4O/c1-9-3-5-11(6-4-9)22-13(15(16,17)18)12(8-20-22)14(23)21-10(2)7-19/h3-6,8,10H,7,19H2,1-2H3,(H,21,23)/t10-/m0/s1. The number of benzene rings is 1. The number of rotatable bonds is 4. The predicted molar refractivity (Wildman–Crippen MR) is 79.3 cm³/mol. The molecular formula is C15H17F3N4O. The van der Waals surface area contributed by atoms with Crippen LogP contribution in [-0.2, 0) is 6.18 Å². The number of hydrogen-bond donors (Lipinski definition) is 2. The second kappa shape index (κ2) is 6.41. The Morgan fingerprint density at radius 1 is 1.35 bits per heavy atom. The van der Waals surface area contributed by atoms with E-state index in [4.69, 9.17) is 5.73 Å². The van der Waals surface area contributed by atoms with Gasteiger partial charge in [0.15, 0.2) is 5.69 Å². The smallest absolute Gasteiger partial charge is 0.348 e. The number of aryl methyl sites for hydroxylation is 1. The fourth-order valence-corrected chi connectivity index (χ4v) is 2.03. The average Bonchev–Trinajstić information content (AvgIpc) is 2.93. The molecule has 0 saturated heterocycles. The Labute approximate surface area is 131 Å². The van der Waals surface area contributed by atoms with Crippen LogP contribution in [0.2, 0.25) is 0 Å². The van der Waals surface area contributed by atoms with Crippen LogP contribution in [0.5, 0.6) is 0 Å². The van der Waals surface area contributed by atoms with Crippen molar-refractivity contribution in [3.8, 4) is 5.69 Å². The van der Waals surface area contributed by atoms with Crippen molar-refractivity contribution < 1.29 is 18.0 Å². The maximum absolute atomic E-state index is 13.4. The van der Waals surface area contributed by atoms with E-state index in [2.05, 4.69) is 10.4 Å². The van der Waals surface area contributed by atoms with Gasteiger partial charge in [0.1, 0.15) is 0 Å². The highest BCUT2D eigenvalue weighted by atomic mass is 19.4. The van der Waals surface area contributed by atoms with Gasteiger partial charge in [0.2, 0.25) is 0 Å². The summed E-state index contributed by atoms with van der Waals surface area (Å²) in [6.45, 7) is 3.55. The number of nitrogens with zero attached hydrogens (tertiary/aromatic N) is 2. The minimum atomic E-state index is -4.72. The third-order valence-corrected chi connectivity index (χ3v) is 3.29. The van der Waals surface area contributed by atoms with E-state index in [9.17, 15) is 18.0 Å². The highest BCUT2D eigenvalue weighted by Crippen LogP contribution is 2.33. The molecule has 0 aliphatic rings. The van der Waals surface area contributed by atoms with Crippen LogP contribution in [-0.4, -0.2) is 28.3 Å². The fourth-order valence-electron chi connectivity index (χ4n) is 2.03. The largest absolute Gasteiger partial charge is 0.434 e. The zero-order chi connectivity index (χ0) is 17.2. The third kappa shape index (κ3) is 3.70. The summed E-state index contributed by atoms with van der Waals surface area (Å²) in [7, 11) is 0. The number of nitrogens with one attached hydrogen (secondary N) is 1. The molecule has 5 nitrogen and oxygen atoms in total. The summed E-state index contributed by atoms with van der Waals surface area (Å²) < 4.78 is 41.0. The minimum Gasteiger partial charge on any atom is -0.348 e. The number of carbonyl (C=O) groups is 1. The van der Waals surface area contributed by atoms with Gasteiger partial charge in [-0.15, -0.1) is 0 Å². The number of alkyl halides is 3. The molecule has 8 heteroatoms. The lowest BCUT2D eigenvalue weighted by Gasteiger charge is -2.14. The zero-order valence-corrected chi connectivity index (χ0v) is 12.7. The molecule has 1 atom stereocenters. The van der Waals surface area contributed by atoms with Crippen LogP contribution in [0.3, 0.4) is 0 Å². The number of aromatic nitrogens is 2. The van der Waals surface area contributed by atoms with Gasteiger partial charge in [0, 0.05) is 12.6 Å². The average molecular weight is 326 g/mol. The second-order valence-electron chi connectivity index (χ2n) is 5.26. The molecule has 2 aromatic rings. The van der Waals surface area contributed by atoms with E-state index in [1.807, 2.05) is 6.92 Å². The summed E-state index contributed by atoms with van der Waals surface area (Å²) >= 11 is 0. The molecule has 0 saturated carbocycles. The molecule has 0 fully saturated rings. The van der Waals surface area contributed by atoms with Crippen LogP contribution in [0.25, 0.3) is 5.69 Å². The minimum absolute atomic E-state index is 0.124. The third-order valence-electron chi connectivity index (χ3n) is 3.29. The molecular weight excluding hydrogens is 309 g/mol. The van der Waals surface area contributed by atoms with Crippen molar-refractivity contribution in [3.05, 3.63) is 47.3 Å². The molecule has 124 valence electrons. The van der Waals surface area contributed by atoms with Gasteiger partial charge in [0.05, 0.1) is 17.4 Å². The first-order chi connectivity index (χ1) is 10.7. The van der Waals surface area contributed by atoms with E-state index >= 15 is 0 Å². The molecule has 2 rings (SSSR count). The van der Waals surface area contributed by atoms with Crippen molar-refractivity contribution in [2.75, 3.05) is 6.54 Å². The van der Waals surface area contributed by atoms with Gasteiger partial charge in [0.25, 0.3) is 5.91 Å². The molecule has 1 amide bonds. The number of halogens is 3. The lowest BCUT2D eigenvalue weighted by Crippen LogP contribution is -2.38. The van der Waals surface area contributed by atoms with E-state index < -0.39 is 29.4 Å². The van der Waals surface area contributed by atoms with Gasteiger partial charge < -0.3 is 11.1 Å². The van der Waals surface area contributed by atoms with Crippen LogP contribution in [0.1, 0.15) is 28.5 Å². The monoisotopic (exact) mass is 326 g/mol. The van der Waals surface area contributed by atoms with Crippen molar-refractivity contribution in [2.45, 2.75) is 26.1 Å². The molecule has 0 unspecified atom stereocenters. The Bertz CT molecular complexity index is 692. The summed E-state index contributed by atoms with van der Waals surface area (Å²) in [6, 6.07) is 5.94. The lowest BCUT2D eigenvalue weighted by atomic mass is 10.2. The summed E-state index contributed by atoms with van der Waals surface area (Å²) in [5, 5.41) is 6.16. The van der Waals surface area contributed by atoms with Crippen LogP contribution in [0.15, 0.2) is 30.5 Å². The molecule has 23 heavy (non-hydrogen) atoms. The molecule has 0 aliphatic heterocycles. The molecule has 1 heterocycles. The van der Waals surface area contributed by atoms with Crippen molar-refractivity contribution in [2.24, 2.45) is 5.73 Å². The quantitative estimate of drug-likeness (QED) is 0.905. The van der Waals surface area contributed by atoms with E-state index in [0.29, 0.717) is 0 Å². The maximum atomic E-state index is 13.4. The fraction of sp³-hybridized carbons (Fsp3) is 0.333. The Kier molecular flexibility index (Phi) is 4.74. The number of carbonyl (C=O) groups excluding carboxylic acids is 1. The number of nitrogens with two attached hydrogens (primary N) is 1. The van der Waals surface area contributed by atoms with Gasteiger partial charge >= 0.3 is 6.18 Å². The first-order valence-electron chi connectivity index (χ1n) is 6.97. The topological polar surface area (TPSA) is 72.9 Å². The first-order valence-corrected chi connectivity index (χ1v) is 6.97. The van der Waals surface area contributed by atoms with Crippen molar-refractivity contribution in [1.29, 1.82) is 0 Å². The highest BCUT2D eigenvalue weighted by Gasteiger charge is 2.40. The molecule has 0 radical (unpaired) electrons. The number of amides is 1. The molecule has 0 spiro atoms. The predicted octanol–water partition coefficient (Wildman–Crippen LogP) is 2.28. The van der Waals surface area contributed by atoms with E-state index in [1.54, 1.807) is 19.1 Å². The highest BCUT2D eigenvalue weighted by molar-refractivity contribution is 5.95. The molecule has 0 aliphatic carbocycles. The Balaban J connectivity index is 2.49. The SMILES string of the molecule is Cc1ccc(-n2ncc(C(=O)N[C@@H](C)CN)c2C(F)(F)F)cc1. The van der Waals surface area contributed by atoms with Gasteiger partial charge in [-0.1, -0.05) is 17.7 Å². The number of hydrogen-bond acceptors (Lipinski definition) is 3. The van der Waals surface area contributed by atoms with Gasteiger partial charge in [-0.3, -0.25) is 4.79 Å². The van der Waals surface area contributed by atoms with E-state index in [-0.39, 0.29) is 12.2 Å². The van der Waals surface area contributed by atoms with Crippen LogP contribution in [0.4, 0.5) is 13.2 Å². The maximum Gasteiger partial charge on any atom is 0.434 e. The normalized spacial score (nSPS) is 13.0. The molecule has 1 aromatic carbocycles. The Morgan fingerprint density at radius 2 is 1.96 bits per heavy atom. The van der Waals surface area contributed by atoms with Gasteiger partial charge in [-0.2, -0.15) is 18.3 Å². The second-order valence-corrected chi connectivity index (χ2v) is 5.26. The van der Waals surface area contributed by atoms with Crippen LogP contribution < -0.4 is 11.1 Å². The molecule has 3 N–H and O–H groups in total. The lowest BCUT2D eigenvalue weighted by molar-refractivity contribution is -0.143. The van der Waals surface area contributed by atoms with E-state index in [1.165, 1.54) is 12.1 Å². The van der Waals surface area contributed by atoms with Gasteiger partial charge in [-0.25, -0.2) is 4.68 Å². The van der Waals surface area contributed by atoms with Gasteiger partial charge in [-0.05, 0) is 26.0 Å². The Morgan fingerprint density at radius 3 is 2.48 bits per heavy atom. The first kappa shape index (κ1) is 17.0.